The summed E-state index contributed by atoms with van der Waals surface area (Å²) in [5.74, 6) is -3.71. The molecule has 4 heterocycles. The highest BCUT2D eigenvalue weighted by Crippen LogP contribution is 2.28. The number of carbonyl (C=O) groups is 11. The maximum Gasteiger partial charge on any atom is 0.222 e. The molecule has 17 atom stereocenters. The van der Waals surface area contributed by atoms with Gasteiger partial charge in [-0.2, -0.15) is 0 Å². The van der Waals surface area contributed by atoms with Gasteiger partial charge in [0.2, 0.25) is 65.0 Å². The van der Waals surface area contributed by atoms with E-state index < -0.39 is 141 Å². The van der Waals surface area contributed by atoms with Crippen LogP contribution in [0.1, 0.15) is 195 Å². The van der Waals surface area contributed by atoms with E-state index in [4.69, 9.17) is 42.6 Å². The van der Waals surface area contributed by atoms with Crippen molar-refractivity contribution in [1.82, 2.24) is 58.1 Å². The Bertz CT molecular complexity index is 2730. The molecule has 11 amide bonds. The second kappa shape index (κ2) is 60.0. The van der Waals surface area contributed by atoms with Gasteiger partial charge >= 0.3 is 0 Å². The first kappa shape index (κ1) is 105. The van der Waals surface area contributed by atoms with Crippen molar-refractivity contribution in [2.45, 2.75) is 304 Å². The number of aliphatic hydroxyl groups is 10. The zero-order chi connectivity index (χ0) is 87.5. The molecule has 0 radical (unpaired) electrons. The van der Waals surface area contributed by atoms with Crippen molar-refractivity contribution >= 4 is 65.0 Å². The van der Waals surface area contributed by atoms with Crippen molar-refractivity contribution in [2.75, 3.05) is 125 Å². The summed E-state index contributed by atoms with van der Waals surface area (Å²) in [6.07, 6.45) is -5.45. The van der Waals surface area contributed by atoms with Crippen molar-refractivity contribution < 1.29 is 146 Å². The quantitative estimate of drug-likeness (QED) is 0.0254. The van der Waals surface area contributed by atoms with Crippen molar-refractivity contribution in [2.24, 2.45) is 0 Å². The Morgan fingerprint density at radius 2 is 0.664 bits per heavy atom. The number of nitrogens with one attached hydrogen (secondary N) is 10. The number of aliphatic hydroxyl groups excluding tert-OH is 10. The number of β-amino-alcohol motifs (C(OH)–C–C–N with tert-alkyl or cyclic N) is 1. The molecular formula is C78H139N11O30. The molecule has 4 fully saturated rings. The van der Waals surface area contributed by atoms with Gasteiger partial charge < -0.3 is 152 Å². The summed E-state index contributed by atoms with van der Waals surface area (Å²) in [6.45, 7) is 4.69. The Morgan fingerprint density at radius 3 is 0.975 bits per heavy atom. The summed E-state index contributed by atoms with van der Waals surface area (Å²) in [5.41, 5.74) is -1.44. The maximum atomic E-state index is 14.0. The number of unbranched alkanes of at least 4 members (excludes halogenated alkanes) is 8. The van der Waals surface area contributed by atoms with Gasteiger partial charge in [0.05, 0.1) is 65.6 Å². The molecule has 20 N–H and O–H groups in total. The van der Waals surface area contributed by atoms with Gasteiger partial charge in [-0.25, -0.2) is 0 Å². The third kappa shape index (κ3) is 41.9. The van der Waals surface area contributed by atoms with Crippen LogP contribution in [0.4, 0.5) is 0 Å². The van der Waals surface area contributed by atoms with Crippen LogP contribution in [0.5, 0.6) is 0 Å². The summed E-state index contributed by atoms with van der Waals surface area (Å²) >= 11 is 0. The van der Waals surface area contributed by atoms with Crippen LogP contribution in [0, 0.1) is 0 Å². The normalized spacial score (nSPS) is 25.4. The Balaban J connectivity index is 1.30. The molecule has 4 aliphatic heterocycles. The van der Waals surface area contributed by atoms with Gasteiger partial charge in [-0.05, 0) is 83.5 Å². The summed E-state index contributed by atoms with van der Waals surface area (Å²) < 4.78 is 52.2. The molecule has 41 heteroatoms. The number of amides is 11. The molecule has 0 aromatic carbocycles. The van der Waals surface area contributed by atoms with Crippen LogP contribution in [0.3, 0.4) is 0 Å². The predicted molar refractivity (Wildman–Crippen MR) is 423 cm³/mol. The van der Waals surface area contributed by atoms with E-state index in [0.29, 0.717) is 96.4 Å². The first-order valence-electron chi connectivity index (χ1n) is 42.2. The second-order valence-corrected chi connectivity index (χ2v) is 30.7. The Hall–Kier alpha value is -6.59. The Morgan fingerprint density at radius 1 is 0.370 bits per heavy atom. The minimum Gasteiger partial charge on any atom is -0.394 e. The fraction of sp³-hybridized carbons (Fsp3) is 0.859. The van der Waals surface area contributed by atoms with E-state index in [2.05, 4.69) is 60.1 Å². The van der Waals surface area contributed by atoms with Gasteiger partial charge in [0.15, 0.2) is 18.9 Å². The fourth-order valence-electron chi connectivity index (χ4n) is 13.9. The van der Waals surface area contributed by atoms with Gasteiger partial charge in [-0.3, -0.25) is 52.7 Å². The minimum absolute atomic E-state index is 0.0470. The van der Waals surface area contributed by atoms with Crippen LogP contribution in [0.2, 0.25) is 0 Å². The topological polar surface area (TPSA) is 597 Å². The molecular weight excluding hydrogens is 1570 g/mol. The number of likely N-dealkylation sites (tertiary alicyclic amines) is 1. The summed E-state index contributed by atoms with van der Waals surface area (Å²) in [5, 5.41) is 129. The molecule has 0 saturated carbocycles. The predicted octanol–water partition coefficient (Wildman–Crippen LogP) is -4.80. The highest BCUT2D eigenvalue weighted by molar-refractivity contribution is 5.79. The van der Waals surface area contributed by atoms with E-state index in [-0.39, 0.29) is 197 Å². The van der Waals surface area contributed by atoms with Gasteiger partial charge in [0, 0.05) is 144 Å². The maximum absolute atomic E-state index is 14.0. The molecule has 0 aromatic heterocycles. The van der Waals surface area contributed by atoms with E-state index >= 15 is 0 Å². The van der Waals surface area contributed by atoms with Crippen LogP contribution >= 0.6 is 0 Å². The second-order valence-electron chi connectivity index (χ2n) is 30.7. The lowest BCUT2D eigenvalue weighted by Crippen LogP contribution is -2.64. The molecule has 686 valence electrons. The lowest BCUT2D eigenvalue weighted by Gasteiger charge is -2.42. The van der Waals surface area contributed by atoms with Crippen molar-refractivity contribution in [3.63, 3.8) is 0 Å². The van der Waals surface area contributed by atoms with Gasteiger partial charge in [-0.1, -0.05) is 39.0 Å². The van der Waals surface area contributed by atoms with Crippen LogP contribution in [0.15, 0.2) is 0 Å². The first-order chi connectivity index (χ1) is 57.0. The number of ether oxygens (including phenoxy) is 9. The van der Waals surface area contributed by atoms with E-state index in [0.717, 1.165) is 32.1 Å². The average molecular weight is 1710 g/mol. The van der Waals surface area contributed by atoms with E-state index in [1.54, 1.807) is 0 Å². The van der Waals surface area contributed by atoms with Gasteiger partial charge in [0.1, 0.15) is 78.6 Å². The monoisotopic (exact) mass is 1710 g/mol. The summed E-state index contributed by atoms with van der Waals surface area (Å²) in [7, 11) is 0. The minimum atomic E-state index is -1.46. The third-order valence-electron chi connectivity index (χ3n) is 20.3. The first-order valence-corrected chi connectivity index (χ1v) is 42.2. The van der Waals surface area contributed by atoms with E-state index in [9.17, 15) is 104 Å². The van der Waals surface area contributed by atoms with Crippen LogP contribution in [-0.4, -0.2) is 356 Å². The highest BCUT2D eigenvalue weighted by Gasteiger charge is 2.48. The molecule has 0 aromatic rings. The molecule has 4 rings (SSSR count). The summed E-state index contributed by atoms with van der Waals surface area (Å²) in [4.78, 5) is 142. The molecule has 0 aliphatic carbocycles. The molecule has 0 spiro atoms. The lowest BCUT2D eigenvalue weighted by atomic mass is 9.97. The zero-order valence-electron chi connectivity index (χ0n) is 69.7. The molecule has 0 bridgehead atoms. The third-order valence-corrected chi connectivity index (χ3v) is 20.3. The Kier molecular flexibility index (Phi) is 52.8. The van der Waals surface area contributed by atoms with Gasteiger partial charge in [-0.15, -0.1) is 0 Å². The van der Waals surface area contributed by atoms with Crippen molar-refractivity contribution in [3.05, 3.63) is 0 Å². The molecule has 4 saturated heterocycles. The molecule has 119 heavy (non-hydrogen) atoms. The lowest BCUT2D eigenvalue weighted by molar-refractivity contribution is -0.270. The largest absolute Gasteiger partial charge is 0.394 e. The molecule has 4 aliphatic rings. The molecule has 41 nitrogen and oxygen atoms in total. The zero-order valence-corrected chi connectivity index (χ0v) is 69.7. The number of rotatable bonds is 63. The number of hydrogen-bond donors (Lipinski definition) is 20. The standard InChI is InChI=1S/C78H139N11O30/c1-5-21-53-42-54(96)43-89(53)65(104)26-11-9-7-6-8-10-25-64(103)88-78(47-111-39-27-61(100)82-33-18-30-79-58(97)22-12-15-36-114-75-66(85-50(2)93)72(108)69(105)55(44-90)117-75,48-112-40-28-62(101)83-34-19-31-80-59(98)23-13-16-37-115-76-67(86-51(3)94)73(109)70(106)56(45-91)118-76)49-113-41-29-63(102)84-35-20-32-81-60(99)24-14-17-38-116-77-68(87-52(4)95)74(110)71(107)57(46-92)119-77/h53-57,66-77,90-92,96,105-110H,5-49H2,1-4H3,(H,79,97)(H,80,98)(H,81,99)(H,82,100)(H,83,101)(H,84,102)(H,85,93)(H,86,94)(H,87,95)(H,88,103)/t53-,54-,55?,56?,57?,66?,67?,68?,69?,70?,71?,72?,73?,74?,75?,76?,77?,78?/m1/s1. The number of hydrogen-bond acceptors (Lipinski definition) is 30. The van der Waals surface area contributed by atoms with Gasteiger partial charge in [0.25, 0.3) is 0 Å². The average Bonchev–Trinajstić information content (AvgIpc) is 1.65. The number of carbonyl (C=O) groups excluding carboxylic acids is 11. The Labute approximate surface area is 696 Å². The summed E-state index contributed by atoms with van der Waals surface area (Å²) in [6, 6.07) is -3.24. The van der Waals surface area contributed by atoms with Crippen LogP contribution in [-0.2, 0) is 95.4 Å². The van der Waals surface area contributed by atoms with Crippen LogP contribution in [0.25, 0.3) is 0 Å². The van der Waals surface area contributed by atoms with Crippen LogP contribution < -0.4 is 53.2 Å². The SMILES string of the molecule is CCC[C@@H]1C[C@@H](O)CN1C(=O)CCCCCCCCC(=O)NC(COCCC(=O)NCCCNC(=O)CCCCOC1OC(CO)C(O)C(O)C1NC(C)=O)(COCCC(=O)NCCCNC(=O)CCCCOC1OC(CO)C(O)C(O)C1NC(C)=O)COCCC(=O)NCCCNC(=O)CCCCOC1OC(CO)C(O)C(O)C1NC(C)=O. The van der Waals surface area contributed by atoms with Crippen molar-refractivity contribution in [3.8, 4) is 0 Å². The van der Waals surface area contributed by atoms with Crippen molar-refractivity contribution in [1.29, 1.82) is 0 Å². The smallest absolute Gasteiger partial charge is 0.222 e. The van der Waals surface area contributed by atoms with E-state index in [1.807, 2.05) is 4.90 Å². The highest BCUT2D eigenvalue weighted by atomic mass is 16.7. The number of nitrogens with zero attached hydrogens (tertiary/aromatic N) is 1. The fourth-order valence-corrected chi connectivity index (χ4v) is 13.9. The van der Waals surface area contributed by atoms with E-state index in [1.165, 1.54) is 20.8 Å². The molecule has 15 unspecified atom stereocenters.